The predicted octanol–water partition coefficient (Wildman–Crippen LogP) is 0.00340. The Morgan fingerprint density at radius 3 is 2.91 bits per heavy atom. The van der Waals surface area contributed by atoms with E-state index in [2.05, 4.69) is 15.6 Å². The van der Waals surface area contributed by atoms with Crippen molar-refractivity contribution in [3.63, 3.8) is 0 Å². The van der Waals surface area contributed by atoms with Gasteiger partial charge in [0.1, 0.15) is 12.2 Å². The molecule has 1 aliphatic rings. The molecule has 4 N–H and O–H groups in total. The summed E-state index contributed by atoms with van der Waals surface area (Å²) in [5, 5.41) is 7.11. The molecule has 0 spiro atoms. The molecule has 0 atom stereocenters. The molecule has 116 valence electrons. The maximum absolute atomic E-state index is 12.1. The van der Waals surface area contributed by atoms with E-state index in [9.17, 15) is 9.59 Å². The fourth-order valence-electron chi connectivity index (χ4n) is 2.73. The summed E-state index contributed by atoms with van der Waals surface area (Å²) >= 11 is 0. The first kappa shape index (κ1) is 14.5. The molecule has 0 aromatic carbocycles. The topological polar surface area (TPSA) is 102 Å². The number of fused-ring (bicyclic) bond motifs is 1. The molecule has 3 rings (SSSR count). The van der Waals surface area contributed by atoms with Crippen molar-refractivity contribution in [3.8, 4) is 0 Å². The molecule has 0 radical (unpaired) electrons. The number of nitrogens with zero attached hydrogens (tertiary/aromatic N) is 2. The Hall–Kier alpha value is -2.41. The highest BCUT2D eigenvalue weighted by Gasteiger charge is 2.16. The Morgan fingerprint density at radius 2 is 2.18 bits per heavy atom. The van der Waals surface area contributed by atoms with Crippen LogP contribution in [0.5, 0.6) is 0 Å². The van der Waals surface area contributed by atoms with Gasteiger partial charge in [0.2, 0.25) is 11.8 Å². The second-order valence-corrected chi connectivity index (χ2v) is 5.54. The van der Waals surface area contributed by atoms with Gasteiger partial charge in [0.25, 0.3) is 0 Å². The number of piperidine rings is 1. The highest BCUT2D eigenvalue weighted by molar-refractivity contribution is 5.96. The third kappa shape index (κ3) is 3.09. The Bertz CT molecular complexity index is 703. The Morgan fingerprint density at radius 1 is 1.41 bits per heavy atom. The number of amides is 2. The quantitative estimate of drug-likeness (QED) is 0.740. The van der Waals surface area contributed by atoms with Crippen LogP contribution in [0.3, 0.4) is 0 Å². The average Bonchev–Trinajstić information content (AvgIpc) is 2.90. The van der Waals surface area contributed by atoms with Gasteiger partial charge in [-0.2, -0.15) is 0 Å². The molecule has 7 heteroatoms. The number of nitrogens with two attached hydrogens (primary N) is 1. The summed E-state index contributed by atoms with van der Waals surface area (Å²) in [6, 6.07) is 3.75. The summed E-state index contributed by atoms with van der Waals surface area (Å²) in [6.45, 7) is 2.10. The van der Waals surface area contributed by atoms with Gasteiger partial charge in [-0.15, -0.1) is 0 Å². The number of hydrogen-bond acceptors (Lipinski definition) is 4. The maximum atomic E-state index is 12.1. The normalized spacial score (nSPS) is 15.8. The number of hydrogen-bond donors (Lipinski definition) is 3. The highest BCUT2D eigenvalue weighted by atomic mass is 16.2. The maximum Gasteiger partial charge on any atom is 0.250 e. The van der Waals surface area contributed by atoms with E-state index in [0.29, 0.717) is 11.2 Å². The molecule has 1 fully saturated rings. The first-order valence-corrected chi connectivity index (χ1v) is 7.38. The first-order chi connectivity index (χ1) is 10.6. The van der Waals surface area contributed by atoms with Crippen LogP contribution in [0.2, 0.25) is 0 Å². The minimum absolute atomic E-state index is 0.0230. The van der Waals surface area contributed by atoms with Gasteiger partial charge >= 0.3 is 0 Å². The Labute approximate surface area is 127 Å². The van der Waals surface area contributed by atoms with Crippen molar-refractivity contribution in [1.82, 2.24) is 20.2 Å². The van der Waals surface area contributed by atoms with Gasteiger partial charge < -0.3 is 20.9 Å². The zero-order valence-corrected chi connectivity index (χ0v) is 12.2. The van der Waals surface area contributed by atoms with E-state index < -0.39 is 5.91 Å². The molecule has 2 aromatic rings. The minimum Gasteiger partial charge on any atom is -0.366 e. The number of aromatic nitrogens is 2. The summed E-state index contributed by atoms with van der Waals surface area (Å²) < 4.78 is 1.77. The van der Waals surface area contributed by atoms with Crippen LogP contribution in [-0.4, -0.2) is 40.5 Å². The van der Waals surface area contributed by atoms with E-state index in [0.717, 1.165) is 31.3 Å². The highest BCUT2D eigenvalue weighted by Crippen LogP contribution is 2.15. The SMILES string of the molecule is NC(=O)c1cnc2c(ccn2CC(=O)NC2CCNCC2)c1. The van der Waals surface area contributed by atoms with Crippen molar-refractivity contribution in [3.05, 3.63) is 30.1 Å². The number of primary amides is 1. The van der Waals surface area contributed by atoms with Crippen LogP contribution < -0.4 is 16.4 Å². The van der Waals surface area contributed by atoms with Crippen LogP contribution >= 0.6 is 0 Å². The van der Waals surface area contributed by atoms with Crippen molar-refractivity contribution >= 4 is 22.8 Å². The fourth-order valence-corrected chi connectivity index (χ4v) is 2.73. The zero-order valence-electron chi connectivity index (χ0n) is 12.2. The van der Waals surface area contributed by atoms with Crippen LogP contribution in [0.1, 0.15) is 23.2 Å². The molecular formula is C15H19N5O2. The predicted molar refractivity (Wildman–Crippen MR) is 82.3 cm³/mol. The number of carbonyl (C=O) groups excluding carboxylic acids is 2. The van der Waals surface area contributed by atoms with Crippen molar-refractivity contribution in [1.29, 1.82) is 0 Å². The molecule has 3 heterocycles. The molecule has 1 aliphatic heterocycles. The molecule has 0 unspecified atom stereocenters. The van der Waals surface area contributed by atoms with Crippen LogP contribution in [0.4, 0.5) is 0 Å². The summed E-state index contributed by atoms with van der Waals surface area (Å²) in [5.74, 6) is -0.532. The molecule has 2 amide bonds. The van der Waals surface area contributed by atoms with E-state index in [-0.39, 0.29) is 18.5 Å². The van der Waals surface area contributed by atoms with Crippen LogP contribution in [0, 0.1) is 0 Å². The molecule has 1 saturated heterocycles. The van der Waals surface area contributed by atoms with E-state index in [1.165, 1.54) is 6.20 Å². The van der Waals surface area contributed by atoms with Gasteiger partial charge in [-0.25, -0.2) is 4.98 Å². The van der Waals surface area contributed by atoms with Crippen molar-refractivity contribution in [2.75, 3.05) is 13.1 Å². The van der Waals surface area contributed by atoms with Gasteiger partial charge in [-0.3, -0.25) is 9.59 Å². The van der Waals surface area contributed by atoms with Gasteiger partial charge in [0.05, 0.1) is 5.56 Å². The third-order valence-electron chi connectivity index (χ3n) is 3.90. The summed E-state index contributed by atoms with van der Waals surface area (Å²) in [7, 11) is 0. The second-order valence-electron chi connectivity index (χ2n) is 5.54. The Kier molecular flexibility index (Phi) is 4.06. The van der Waals surface area contributed by atoms with E-state index in [1.54, 1.807) is 16.8 Å². The lowest BCUT2D eigenvalue weighted by Gasteiger charge is -2.23. The number of carbonyl (C=O) groups is 2. The Balaban J connectivity index is 1.70. The van der Waals surface area contributed by atoms with E-state index in [1.807, 2.05) is 6.07 Å². The smallest absolute Gasteiger partial charge is 0.250 e. The molecule has 0 bridgehead atoms. The lowest BCUT2D eigenvalue weighted by atomic mass is 10.1. The van der Waals surface area contributed by atoms with Crippen molar-refractivity contribution < 1.29 is 9.59 Å². The average molecular weight is 301 g/mol. The first-order valence-electron chi connectivity index (χ1n) is 7.38. The monoisotopic (exact) mass is 301 g/mol. The summed E-state index contributed by atoms with van der Waals surface area (Å²) in [5.41, 5.74) is 6.28. The van der Waals surface area contributed by atoms with E-state index >= 15 is 0 Å². The molecule has 2 aromatic heterocycles. The van der Waals surface area contributed by atoms with Crippen molar-refractivity contribution in [2.24, 2.45) is 5.73 Å². The van der Waals surface area contributed by atoms with Crippen LogP contribution in [0.15, 0.2) is 24.5 Å². The molecule has 0 aliphatic carbocycles. The largest absolute Gasteiger partial charge is 0.366 e. The second kappa shape index (κ2) is 6.15. The molecule has 22 heavy (non-hydrogen) atoms. The fraction of sp³-hybridized carbons (Fsp3) is 0.400. The van der Waals surface area contributed by atoms with Gasteiger partial charge in [-0.05, 0) is 38.1 Å². The van der Waals surface area contributed by atoms with E-state index in [4.69, 9.17) is 5.73 Å². The number of rotatable bonds is 4. The van der Waals surface area contributed by atoms with Gasteiger partial charge in [0.15, 0.2) is 0 Å². The lowest BCUT2D eigenvalue weighted by molar-refractivity contribution is -0.122. The summed E-state index contributed by atoms with van der Waals surface area (Å²) in [6.07, 6.45) is 5.15. The minimum atomic E-state index is -0.509. The molecule has 7 nitrogen and oxygen atoms in total. The van der Waals surface area contributed by atoms with Crippen LogP contribution in [0.25, 0.3) is 11.0 Å². The zero-order chi connectivity index (χ0) is 15.5. The molecule has 0 saturated carbocycles. The summed E-state index contributed by atoms with van der Waals surface area (Å²) in [4.78, 5) is 27.5. The number of nitrogens with one attached hydrogen (secondary N) is 2. The van der Waals surface area contributed by atoms with Crippen molar-refractivity contribution in [2.45, 2.75) is 25.4 Å². The standard InChI is InChI=1S/C15H19N5O2/c16-14(22)11-7-10-3-6-20(15(10)18-8-11)9-13(21)19-12-1-4-17-5-2-12/h3,6-8,12,17H,1-2,4-5,9H2,(H2,16,22)(H,19,21). The third-order valence-corrected chi connectivity index (χ3v) is 3.90. The van der Waals surface area contributed by atoms with Gasteiger partial charge in [-0.1, -0.05) is 0 Å². The molecular weight excluding hydrogens is 282 g/mol. The number of pyridine rings is 1. The lowest BCUT2D eigenvalue weighted by Crippen LogP contribution is -2.43. The van der Waals surface area contributed by atoms with Crippen LogP contribution in [-0.2, 0) is 11.3 Å². The van der Waals surface area contributed by atoms with Gasteiger partial charge in [0, 0.05) is 23.8 Å².